The molecule has 1 aromatic carbocycles. The predicted molar refractivity (Wildman–Crippen MR) is 59.3 cm³/mol. The third-order valence-electron chi connectivity index (χ3n) is 1.54. The Morgan fingerprint density at radius 2 is 2.21 bits per heavy atom. The van der Waals surface area contributed by atoms with Gasteiger partial charge in [-0.25, -0.2) is 3.53 Å². The van der Waals surface area contributed by atoms with E-state index in [1.54, 1.807) is 12.1 Å². The van der Waals surface area contributed by atoms with E-state index in [0.717, 1.165) is 5.56 Å². The van der Waals surface area contributed by atoms with Gasteiger partial charge in [0.2, 0.25) is 21.5 Å². The topological polar surface area (TPSA) is 55.4 Å². The molecule has 0 radical (unpaired) electrons. The summed E-state index contributed by atoms with van der Waals surface area (Å²) in [5, 5.41) is 0. The first-order valence-electron chi connectivity index (χ1n) is 3.99. The summed E-state index contributed by atoms with van der Waals surface area (Å²) in [6.07, 6.45) is 0. The number of esters is 1. The lowest BCUT2D eigenvalue weighted by Gasteiger charge is -2.06. The third kappa shape index (κ3) is 3.51. The van der Waals surface area contributed by atoms with Gasteiger partial charge in [0, 0.05) is 19.0 Å². The number of nitrogens with one attached hydrogen (secondary N) is 1. The first-order chi connectivity index (χ1) is 6.74. The average molecular weight is 307 g/mol. The molecule has 1 aromatic rings. The van der Waals surface area contributed by atoms with E-state index < -0.39 is 21.5 Å². The Morgan fingerprint density at radius 3 is 2.86 bits per heavy atom. The van der Waals surface area contributed by atoms with Crippen LogP contribution in [0.1, 0.15) is 12.5 Å². The molecule has 0 bridgehead atoms. The number of hydrogen-bond donors (Lipinski definition) is 1. The highest BCUT2D eigenvalue weighted by Crippen LogP contribution is 2.18. The van der Waals surface area contributed by atoms with Crippen LogP contribution in [0.2, 0.25) is 0 Å². The van der Waals surface area contributed by atoms with Crippen LogP contribution in [0.5, 0.6) is 5.75 Å². The number of benzene rings is 1. The van der Waals surface area contributed by atoms with Gasteiger partial charge in [-0.05, 0) is 6.07 Å². The average Bonchev–Trinajstić information content (AvgIpc) is 2.16. The molecule has 0 spiro atoms. The van der Waals surface area contributed by atoms with Crippen molar-refractivity contribution in [3.8, 4) is 5.75 Å². The van der Waals surface area contributed by atoms with Crippen molar-refractivity contribution >= 4 is 27.4 Å². The zero-order valence-corrected chi connectivity index (χ0v) is 9.78. The molecule has 0 saturated heterocycles. The third-order valence-corrected chi connectivity index (χ3v) is 2.23. The van der Waals surface area contributed by atoms with Crippen LogP contribution < -0.4 is 8.27 Å². The molecule has 0 aromatic heterocycles. The molecule has 1 rings (SSSR count). The smallest absolute Gasteiger partial charge is 0.308 e. The van der Waals surface area contributed by atoms with Gasteiger partial charge in [-0.15, -0.1) is 0 Å². The quantitative estimate of drug-likeness (QED) is 0.400. The summed E-state index contributed by atoms with van der Waals surface area (Å²) >= 11 is -1.19. The maximum absolute atomic E-state index is 10.7. The van der Waals surface area contributed by atoms with E-state index in [1.165, 1.54) is 6.92 Å². The Kier molecular flexibility index (Phi) is 4.68. The fourth-order valence-corrected chi connectivity index (χ4v) is 1.57. The van der Waals surface area contributed by atoms with E-state index in [2.05, 4.69) is 3.53 Å². The molecule has 76 valence electrons. The summed E-state index contributed by atoms with van der Waals surface area (Å²) in [6.45, 7) is 1.81. The van der Waals surface area contributed by atoms with Crippen LogP contribution in [0.25, 0.3) is 0 Å². The fraction of sp³-hybridized carbons (Fsp3) is 0.222. The SMILES string of the molecule is CC(=O)Oc1ccccc1CNI=O. The normalized spacial score (nSPS) is 9.79. The van der Waals surface area contributed by atoms with Crippen LogP contribution in [0.3, 0.4) is 0 Å². The first kappa shape index (κ1) is 11.3. The van der Waals surface area contributed by atoms with E-state index in [9.17, 15) is 7.86 Å². The zero-order valence-electron chi connectivity index (χ0n) is 7.62. The van der Waals surface area contributed by atoms with Crippen LogP contribution in [-0.4, -0.2) is 5.97 Å². The van der Waals surface area contributed by atoms with Gasteiger partial charge in [-0.3, -0.25) is 7.86 Å². The van der Waals surface area contributed by atoms with E-state index in [4.69, 9.17) is 4.74 Å². The minimum absolute atomic E-state index is 0.353. The van der Waals surface area contributed by atoms with Gasteiger partial charge in [0.15, 0.2) is 0 Å². The van der Waals surface area contributed by atoms with Crippen molar-refractivity contribution in [2.45, 2.75) is 13.5 Å². The second-order valence-electron chi connectivity index (χ2n) is 2.59. The molecule has 1 N–H and O–H groups in total. The molecule has 0 saturated carbocycles. The van der Waals surface area contributed by atoms with Crippen molar-refractivity contribution in [1.82, 2.24) is 3.53 Å². The Bertz CT molecular complexity index is 341. The van der Waals surface area contributed by atoms with Crippen molar-refractivity contribution in [3.63, 3.8) is 0 Å². The molecule has 4 nitrogen and oxygen atoms in total. The largest absolute Gasteiger partial charge is 0.426 e. The zero-order chi connectivity index (χ0) is 10.4. The molecular weight excluding hydrogens is 297 g/mol. The van der Waals surface area contributed by atoms with Gasteiger partial charge in [-0.2, -0.15) is 0 Å². The number of rotatable bonds is 4. The Balaban J connectivity index is 2.79. The Morgan fingerprint density at radius 1 is 1.50 bits per heavy atom. The lowest BCUT2D eigenvalue weighted by molar-refractivity contribution is -0.131. The molecule has 14 heavy (non-hydrogen) atoms. The second kappa shape index (κ2) is 5.82. The number of ether oxygens (including phenoxy) is 1. The summed E-state index contributed by atoms with van der Waals surface area (Å²) in [7, 11) is 0. The molecule has 0 aliphatic rings. The van der Waals surface area contributed by atoms with Gasteiger partial charge < -0.3 is 4.74 Å². The van der Waals surface area contributed by atoms with E-state index in [-0.39, 0.29) is 5.97 Å². The van der Waals surface area contributed by atoms with Crippen LogP contribution >= 0.6 is 21.5 Å². The molecule has 0 aliphatic carbocycles. The lowest BCUT2D eigenvalue weighted by Crippen LogP contribution is -2.06. The van der Waals surface area contributed by atoms with E-state index >= 15 is 0 Å². The number of hydrogen-bond acceptors (Lipinski definition) is 3. The fourth-order valence-electron chi connectivity index (χ4n) is 1.00. The monoisotopic (exact) mass is 307 g/mol. The van der Waals surface area contributed by atoms with Crippen LogP contribution in [0.15, 0.2) is 24.3 Å². The number of para-hydroxylation sites is 1. The summed E-state index contributed by atoms with van der Waals surface area (Å²) in [5.41, 5.74) is 0.832. The predicted octanol–water partition coefficient (Wildman–Crippen LogP) is 1.93. The molecule has 0 atom stereocenters. The van der Waals surface area contributed by atoms with Crippen LogP contribution in [-0.2, 0) is 14.4 Å². The highest BCUT2D eigenvalue weighted by atomic mass is 127. The minimum Gasteiger partial charge on any atom is -0.426 e. The Labute approximate surface area is 92.6 Å². The summed E-state index contributed by atoms with van der Waals surface area (Å²) < 4.78 is 18.0. The van der Waals surface area contributed by atoms with Gasteiger partial charge in [-0.1, -0.05) is 18.2 Å². The molecule has 0 fully saturated rings. The van der Waals surface area contributed by atoms with Crippen molar-refractivity contribution in [2.75, 3.05) is 0 Å². The van der Waals surface area contributed by atoms with Gasteiger partial charge in [0.25, 0.3) is 0 Å². The molecular formula is C9H10INO3. The summed E-state index contributed by atoms with van der Waals surface area (Å²) in [4.78, 5) is 10.7. The standard InChI is InChI=1S/C9H10INO3/c1-7(12)14-9-5-3-2-4-8(9)6-11-10-13/h2-5H,6H2,1H3,(H,11,13). The van der Waals surface area contributed by atoms with Crippen molar-refractivity contribution in [1.29, 1.82) is 0 Å². The first-order valence-corrected chi connectivity index (χ1v) is 5.95. The number of carbonyl (C=O) groups is 1. The van der Waals surface area contributed by atoms with Crippen LogP contribution in [0.4, 0.5) is 0 Å². The van der Waals surface area contributed by atoms with E-state index in [1.807, 2.05) is 12.1 Å². The maximum Gasteiger partial charge on any atom is 0.308 e. The molecule has 0 unspecified atom stereocenters. The Hall–Kier alpha value is -0.820. The lowest BCUT2D eigenvalue weighted by atomic mass is 10.2. The van der Waals surface area contributed by atoms with E-state index in [0.29, 0.717) is 12.3 Å². The van der Waals surface area contributed by atoms with Crippen molar-refractivity contribution in [3.05, 3.63) is 29.8 Å². The van der Waals surface area contributed by atoms with Crippen molar-refractivity contribution in [2.24, 2.45) is 0 Å². The number of halogens is 1. The minimum atomic E-state index is -1.19. The van der Waals surface area contributed by atoms with Gasteiger partial charge in [0.1, 0.15) is 5.75 Å². The second-order valence-corrected chi connectivity index (χ2v) is 3.79. The molecule has 0 amide bonds. The molecule has 0 heterocycles. The molecule has 0 aliphatic heterocycles. The van der Waals surface area contributed by atoms with Crippen molar-refractivity contribution < 1.29 is 12.6 Å². The summed E-state index contributed by atoms with van der Waals surface area (Å²) in [6, 6.07) is 7.16. The molecule has 5 heteroatoms. The van der Waals surface area contributed by atoms with Gasteiger partial charge in [0.05, 0.1) is 0 Å². The maximum atomic E-state index is 10.7. The summed E-state index contributed by atoms with van der Waals surface area (Å²) in [5.74, 6) is 0.166. The number of carbonyl (C=O) groups excluding carboxylic acids is 1. The highest BCUT2D eigenvalue weighted by molar-refractivity contribution is 14.1. The van der Waals surface area contributed by atoms with Gasteiger partial charge >= 0.3 is 5.97 Å². The van der Waals surface area contributed by atoms with Crippen LogP contribution in [0, 0.1) is 0 Å². The highest BCUT2D eigenvalue weighted by Gasteiger charge is 2.04.